The third-order valence-corrected chi connectivity index (χ3v) is 7.66. The molecule has 1 aliphatic heterocycles. The van der Waals surface area contributed by atoms with E-state index in [0.717, 1.165) is 23.1 Å². The van der Waals surface area contributed by atoms with Crippen LogP contribution in [0.1, 0.15) is 33.1 Å². The van der Waals surface area contributed by atoms with Gasteiger partial charge in [-0.3, -0.25) is 4.79 Å². The predicted molar refractivity (Wildman–Crippen MR) is 153 cm³/mol. The fourth-order valence-electron chi connectivity index (χ4n) is 4.65. The predicted octanol–water partition coefficient (Wildman–Crippen LogP) is 6.29. The molecule has 1 saturated heterocycles. The summed E-state index contributed by atoms with van der Waals surface area (Å²) < 4.78 is 45.3. The van der Waals surface area contributed by atoms with E-state index in [-0.39, 0.29) is 11.7 Å². The first-order valence-corrected chi connectivity index (χ1v) is 14.2. The molecule has 2 aromatic carbocycles. The van der Waals surface area contributed by atoms with Gasteiger partial charge in [0.1, 0.15) is 11.6 Å². The fraction of sp³-hybridized carbons (Fsp3) is 0.300. The molecule has 3 heterocycles. The van der Waals surface area contributed by atoms with Crippen molar-refractivity contribution in [3.05, 3.63) is 101 Å². The minimum absolute atomic E-state index is 0.191. The SMILES string of the molecule is Cc1cc(N2CCN(c3cccc(C(F)(F)F)c3)CC2)nc(SCc2ccc(C(=O)N(C)Cc3ccccc3)o2)n1. The van der Waals surface area contributed by atoms with Gasteiger partial charge in [0.25, 0.3) is 5.91 Å². The number of rotatable bonds is 8. The van der Waals surface area contributed by atoms with Crippen molar-refractivity contribution < 1.29 is 22.4 Å². The van der Waals surface area contributed by atoms with E-state index < -0.39 is 11.7 Å². The van der Waals surface area contributed by atoms with E-state index in [2.05, 4.69) is 9.88 Å². The molecule has 1 amide bonds. The Morgan fingerprint density at radius 3 is 2.41 bits per heavy atom. The normalized spacial score (nSPS) is 13.9. The summed E-state index contributed by atoms with van der Waals surface area (Å²) in [7, 11) is 1.74. The minimum atomic E-state index is -4.37. The molecule has 0 aliphatic carbocycles. The summed E-state index contributed by atoms with van der Waals surface area (Å²) in [4.78, 5) is 27.8. The quantitative estimate of drug-likeness (QED) is 0.179. The van der Waals surface area contributed by atoms with E-state index in [4.69, 9.17) is 9.40 Å². The monoisotopic (exact) mass is 581 g/mol. The van der Waals surface area contributed by atoms with Gasteiger partial charge in [-0.05, 0) is 42.8 Å². The molecular weight excluding hydrogens is 551 g/mol. The van der Waals surface area contributed by atoms with Gasteiger partial charge in [-0.1, -0.05) is 48.2 Å². The van der Waals surface area contributed by atoms with Crippen LogP contribution in [-0.4, -0.2) is 54.0 Å². The van der Waals surface area contributed by atoms with Gasteiger partial charge < -0.3 is 19.1 Å². The topological polar surface area (TPSA) is 65.7 Å². The van der Waals surface area contributed by atoms with Crippen molar-refractivity contribution in [3.8, 4) is 0 Å². The summed E-state index contributed by atoms with van der Waals surface area (Å²) in [6, 6.07) is 20.6. The van der Waals surface area contributed by atoms with Crippen LogP contribution in [0, 0.1) is 6.92 Å². The summed E-state index contributed by atoms with van der Waals surface area (Å²) in [5.41, 5.74) is 1.78. The van der Waals surface area contributed by atoms with Gasteiger partial charge in [0, 0.05) is 57.2 Å². The molecule has 11 heteroatoms. The molecule has 0 radical (unpaired) electrons. The number of hydrogen-bond donors (Lipinski definition) is 0. The maximum atomic E-state index is 13.1. The Morgan fingerprint density at radius 2 is 1.68 bits per heavy atom. The summed E-state index contributed by atoms with van der Waals surface area (Å²) in [5, 5.41) is 0.589. The Morgan fingerprint density at radius 1 is 0.951 bits per heavy atom. The number of alkyl halides is 3. The highest BCUT2D eigenvalue weighted by atomic mass is 32.2. The van der Waals surface area contributed by atoms with Crippen LogP contribution < -0.4 is 9.80 Å². The number of anilines is 2. The fourth-order valence-corrected chi connectivity index (χ4v) is 5.44. The third-order valence-electron chi connectivity index (χ3n) is 6.79. The lowest BCUT2D eigenvalue weighted by Crippen LogP contribution is -2.47. The van der Waals surface area contributed by atoms with Crippen molar-refractivity contribution in [1.29, 1.82) is 0 Å². The molecular formula is C30H30F3N5O2S. The van der Waals surface area contributed by atoms with Gasteiger partial charge >= 0.3 is 6.18 Å². The molecule has 0 bridgehead atoms. The maximum absolute atomic E-state index is 13.1. The first-order chi connectivity index (χ1) is 19.7. The number of hydrogen-bond acceptors (Lipinski definition) is 7. The number of benzene rings is 2. The van der Waals surface area contributed by atoms with E-state index in [0.29, 0.717) is 55.1 Å². The largest absolute Gasteiger partial charge is 0.455 e. The highest BCUT2D eigenvalue weighted by Crippen LogP contribution is 2.32. The number of amides is 1. The van der Waals surface area contributed by atoms with Crippen molar-refractivity contribution in [1.82, 2.24) is 14.9 Å². The van der Waals surface area contributed by atoms with Crippen molar-refractivity contribution in [2.45, 2.75) is 30.6 Å². The van der Waals surface area contributed by atoms with Crippen molar-refractivity contribution in [2.24, 2.45) is 0 Å². The molecule has 214 valence electrons. The molecule has 1 fully saturated rings. The van der Waals surface area contributed by atoms with Crippen LogP contribution in [-0.2, 0) is 18.5 Å². The van der Waals surface area contributed by atoms with Crippen molar-refractivity contribution in [3.63, 3.8) is 0 Å². The number of piperazine rings is 1. The summed E-state index contributed by atoms with van der Waals surface area (Å²) in [5.74, 6) is 1.98. The van der Waals surface area contributed by atoms with Crippen LogP contribution in [0.5, 0.6) is 0 Å². The Hall–Kier alpha value is -3.99. The molecule has 1 aliphatic rings. The molecule has 0 N–H and O–H groups in total. The Bertz CT molecular complexity index is 1490. The number of aromatic nitrogens is 2. The average molecular weight is 582 g/mol. The zero-order valence-electron chi connectivity index (χ0n) is 22.8. The Kier molecular flexibility index (Phi) is 8.53. The van der Waals surface area contributed by atoms with Crippen molar-refractivity contribution in [2.75, 3.05) is 43.0 Å². The minimum Gasteiger partial charge on any atom is -0.455 e. The standard InChI is InChI=1S/C30H30F3N5O2S/c1-21-17-27(38-15-13-37(14-16-38)24-10-6-9-23(18-24)30(31,32)33)35-29(34-21)41-20-25-11-12-26(40-25)28(39)36(2)19-22-7-4-3-5-8-22/h3-12,17-18H,13-16,19-20H2,1-2H3. The number of nitrogens with zero attached hydrogens (tertiary/aromatic N) is 5. The number of aryl methyl sites for hydroxylation is 1. The molecule has 0 unspecified atom stereocenters. The Labute approximate surface area is 241 Å². The summed E-state index contributed by atoms with van der Waals surface area (Å²) in [6.45, 7) is 4.79. The maximum Gasteiger partial charge on any atom is 0.416 e. The highest BCUT2D eigenvalue weighted by molar-refractivity contribution is 7.98. The summed E-state index contributed by atoms with van der Waals surface area (Å²) in [6.07, 6.45) is -4.37. The zero-order valence-corrected chi connectivity index (χ0v) is 23.6. The van der Waals surface area contributed by atoms with Crippen LogP contribution in [0.15, 0.2) is 82.4 Å². The molecule has 4 aromatic rings. The van der Waals surface area contributed by atoms with Gasteiger partial charge in [-0.15, -0.1) is 0 Å². The lowest BCUT2D eigenvalue weighted by molar-refractivity contribution is -0.137. The Balaban J connectivity index is 1.17. The van der Waals surface area contributed by atoms with E-state index in [1.165, 1.54) is 23.9 Å². The molecule has 41 heavy (non-hydrogen) atoms. The second-order valence-corrected chi connectivity index (χ2v) is 10.8. The van der Waals surface area contributed by atoms with Gasteiger partial charge in [0.15, 0.2) is 10.9 Å². The average Bonchev–Trinajstić information content (AvgIpc) is 3.45. The van der Waals surface area contributed by atoms with E-state index in [9.17, 15) is 18.0 Å². The van der Waals surface area contributed by atoms with Gasteiger partial charge in [0.05, 0.1) is 11.3 Å². The van der Waals surface area contributed by atoms with Crippen LogP contribution >= 0.6 is 11.8 Å². The third kappa shape index (κ3) is 7.21. The van der Waals surface area contributed by atoms with Crippen LogP contribution in [0.2, 0.25) is 0 Å². The number of carbonyl (C=O) groups is 1. The molecule has 7 nitrogen and oxygen atoms in total. The first kappa shape index (κ1) is 28.5. The summed E-state index contributed by atoms with van der Waals surface area (Å²) >= 11 is 1.42. The van der Waals surface area contributed by atoms with E-state index in [1.54, 1.807) is 30.1 Å². The van der Waals surface area contributed by atoms with Gasteiger partial charge in [-0.25, -0.2) is 9.97 Å². The lowest BCUT2D eigenvalue weighted by Gasteiger charge is -2.37. The second kappa shape index (κ2) is 12.3. The van der Waals surface area contributed by atoms with E-state index in [1.807, 2.05) is 48.2 Å². The van der Waals surface area contributed by atoms with Crippen LogP contribution in [0.4, 0.5) is 24.7 Å². The molecule has 0 saturated carbocycles. The van der Waals surface area contributed by atoms with Crippen LogP contribution in [0.25, 0.3) is 0 Å². The van der Waals surface area contributed by atoms with Gasteiger partial charge in [0.2, 0.25) is 0 Å². The molecule has 0 atom stereocenters. The molecule has 0 spiro atoms. The number of thioether (sulfide) groups is 1. The van der Waals surface area contributed by atoms with Gasteiger partial charge in [-0.2, -0.15) is 13.2 Å². The number of carbonyl (C=O) groups excluding carboxylic acids is 1. The van der Waals surface area contributed by atoms with Crippen LogP contribution in [0.3, 0.4) is 0 Å². The zero-order chi connectivity index (χ0) is 29.0. The van der Waals surface area contributed by atoms with Crippen molar-refractivity contribution >= 4 is 29.2 Å². The molecule has 2 aromatic heterocycles. The second-order valence-electron chi connectivity index (χ2n) is 9.87. The van der Waals surface area contributed by atoms with E-state index >= 15 is 0 Å². The smallest absolute Gasteiger partial charge is 0.416 e. The number of furan rings is 1. The first-order valence-electron chi connectivity index (χ1n) is 13.2. The molecule has 5 rings (SSSR count). The highest BCUT2D eigenvalue weighted by Gasteiger charge is 2.31. The number of halogens is 3. The lowest BCUT2D eigenvalue weighted by atomic mass is 10.1.